The molecule has 0 atom stereocenters. The molecule has 0 saturated heterocycles. The quantitative estimate of drug-likeness (QED) is 0.190. The summed E-state index contributed by atoms with van der Waals surface area (Å²) in [5.41, 5.74) is 4.93. The number of ether oxygens (including phenoxy) is 3. The van der Waals surface area contributed by atoms with Crippen LogP contribution in [0.4, 0.5) is 0 Å². The van der Waals surface area contributed by atoms with Gasteiger partial charge in [0.05, 0.1) is 0 Å². The van der Waals surface area contributed by atoms with Gasteiger partial charge in [-0.2, -0.15) is 0 Å². The fraction of sp³-hybridized carbons (Fsp3) is 0.103. The van der Waals surface area contributed by atoms with E-state index >= 15 is 0 Å². The number of aryl methyl sites for hydroxylation is 4. The molecule has 0 saturated carbocycles. The number of aromatic nitrogens is 1. The molecular formula is C39H36ClNO3. The molecule has 0 bridgehead atoms. The first-order valence-corrected chi connectivity index (χ1v) is 14.7. The van der Waals surface area contributed by atoms with E-state index < -0.39 is 0 Å². The summed E-state index contributed by atoms with van der Waals surface area (Å²) in [5, 5.41) is 0.680. The molecule has 0 aliphatic heterocycles. The van der Waals surface area contributed by atoms with Crippen LogP contribution in [0.3, 0.4) is 0 Å². The van der Waals surface area contributed by atoms with Crippen molar-refractivity contribution in [2.45, 2.75) is 27.7 Å². The molecule has 0 amide bonds. The van der Waals surface area contributed by atoms with Crippen LogP contribution in [0.1, 0.15) is 22.3 Å². The van der Waals surface area contributed by atoms with Gasteiger partial charge in [-0.1, -0.05) is 88.5 Å². The van der Waals surface area contributed by atoms with Crippen LogP contribution in [0.25, 0.3) is 0 Å². The summed E-state index contributed by atoms with van der Waals surface area (Å²) in [6, 6.07) is 43.0. The highest BCUT2D eigenvalue weighted by molar-refractivity contribution is 6.30. The molecule has 0 aliphatic carbocycles. The Labute approximate surface area is 265 Å². The second kappa shape index (κ2) is 16.5. The summed E-state index contributed by atoms with van der Waals surface area (Å²) in [7, 11) is 0. The number of benzene rings is 5. The van der Waals surface area contributed by atoms with Crippen LogP contribution in [0.2, 0.25) is 5.02 Å². The summed E-state index contributed by atoms with van der Waals surface area (Å²) in [6.07, 6.45) is 3.42. The third-order valence-electron chi connectivity index (χ3n) is 6.24. The Kier molecular flexibility index (Phi) is 12.0. The lowest BCUT2D eigenvalue weighted by Gasteiger charge is -2.05. The molecule has 222 valence electrons. The molecule has 6 aromatic rings. The van der Waals surface area contributed by atoms with E-state index in [2.05, 4.69) is 25.8 Å². The number of nitrogens with zero attached hydrogens (tertiary/aromatic N) is 1. The van der Waals surface area contributed by atoms with E-state index in [1.54, 1.807) is 18.5 Å². The molecule has 1 aromatic heterocycles. The Hall–Kier alpha value is -5.06. The van der Waals surface area contributed by atoms with Crippen LogP contribution in [-0.4, -0.2) is 4.98 Å². The van der Waals surface area contributed by atoms with Crippen LogP contribution in [-0.2, 0) is 0 Å². The van der Waals surface area contributed by atoms with Crippen LogP contribution >= 0.6 is 11.6 Å². The lowest BCUT2D eigenvalue weighted by Crippen LogP contribution is -1.84. The Morgan fingerprint density at radius 1 is 0.386 bits per heavy atom. The Bertz CT molecular complexity index is 1640. The zero-order valence-corrected chi connectivity index (χ0v) is 26.2. The maximum Gasteiger partial charge on any atom is 0.130 e. The summed E-state index contributed by atoms with van der Waals surface area (Å²) in [4.78, 5) is 3.92. The van der Waals surface area contributed by atoms with Gasteiger partial charge in [0.25, 0.3) is 0 Å². The maximum atomic E-state index is 5.86. The summed E-state index contributed by atoms with van der Waals surface area (Å²) in [6.45, 7) is 8.23. The smallest absolute Gasteiger partial charge is 0.130 e. The highest BCUT2D eigenvalue weighted by atomic mass is 35.5. The molecule has 1 heterocycles. The van der Waals surface area contributed by atoms with Gasteiger partial charge < -0.3 is 14.2 Å². The van der Waals surface area contributed by atoms with Crippen molar-refractivity contribution in [3.63, 3.8) is 0 Å². The second-order valence-corrected chi connectivity index (χ2v) is 10.6. The van der Waals surface area contributed by atoms with Gasteiger partial charge >= 0.3 is 0 Å². The normalized spacial score (nSPS) is 9.93. The van der Waals surface area contributed by atoms with Crippen LogP contribution in [0, 0.1) is 27.7 Å². The van der Waals surface area contributed by atoms with E-state index in [1.807, 2.05) is 134 Å². The van der Waals surface area contributed by atoms with Crippen molar-refractivity contribution in [1.29, 1.82) is 0 Å². The van der Waals surface area contributed by atoms with Crippen molar-refractivity contribution in [3.8, 4) is 34.5 Å². The van der Waals surface area contributed by atoms with Gasteiger partial charge in [-0.25, -0.2) is 0 Å². The third kappa shape index (κ3) is 11.3. The van der Waals surface area contributed by atoms with Crippen LogP contribution < -0.4 is 14.2 Å². The van der Waals surface area contributed by atoms with Crippen LogP contribution in [0.5, 0.6) is 34.5 Å². The lowest BCUT2D eigenvalue weighted by molar-refractivity contribution is 0.481. The maximum absolute atomic E-state index is 5.86. The van der Waals surface area contributed by atoms with E-state index in [9.17, 15) is 0 Å². The first-order chi connectivity index (χ1) is 21.3. The Morgan fingerprint density at radius 2 is 0.705 bits per heavy atom. The first kappa shape index (κ1) is 31.9. The molecule has 0 spiro atoms. The summed E-state index contributed by atoms with van der Waals surface area (Å²) in [5.74, 6) is 4.99. The molecule has 44 heavy (non-hydrogen) atoms. The van der Waals surface area contributed by atoms with Crippen molar-refractivity contribution in [1.82, 2.24) is 4.98 Å². The van der Waals surface area contributed by atoms with Crippen molar-refractivity contribution in [2.24, 2.45) is 0 Å². The minimum absolute atomic E-state index is 0.680. The molecule has 0 radical (unpaired) electrons. The van der Waals surface area contributed by atoms with E-state index in [1.165, 1.54) is 22.3 Å². The number of pyridine rings is 1. The topological polar surface area (TPSA) is 40.6 Å². The Morgan fingerprint density at radius 3 is 1.05 bits per heavy atom. The fourth-order valence-corrected chi connectivity index (χ4v) is 3.95. The second-order valence-electron chi connectivity index (χ2n) is 10.2. The molecule has 5 aromatic carbocycles. The summed E-state index contributed by atoms with van der Waals surface area (Å²) < 4.78 is 16.9. The lowest BCUT2D eigenvalue weighted by atomic mass is 10.2. The molecule has 0 fully saturated rings. The van der Waals surface area contributed by atoms with E-state index in [4.69, 9.17) is 25.8 Å². The summed E-state index contributed by atoms with van der Waals surface area (Å²) >= 11 is 5.86. The molecule has 4 nitrogen and oxygen atoms in total. The van der Waals surface area contributed by atoms with E-state index in [-0.39, 0.29) is 0 Å². The standard InChI is InChI=1S/C14H14O.C13H11ClO.C12H11NO/c1-11-3-7-13(8-4-11)15-14-9-5-12(2)6-10-14;1-10-5-7-12(8-6-10)15-13-4-2-3-11(14)9-13;1-10-2-4-11(5-3-10)14-12-6-8-13-9-7-12/h3-10H,1-2H3;2-9H,1H3;2-9H,1H3. The fourth-order valence-electron chi connectivity index (χ4n) is 3.77. The monoisotopic (exact) mass is 601 g/mol. The van der Waals surface area contributed by atoms with Gasteiger partial charge in [-0.3, -0.25) is 4.98 Å². The zero-order chi connectivity index (χ0) is 31.1. The van der Waals surface area contributed by atoms with E-state index in [0.29, 0.717) is 5.02 Å². The van der Waals surface area contributed by atoms with Gasteiger partial charge in [0.2, 0.25) is 0 Å². The highest BCUT2D eigenvalue weighted by Crippen LogP contribution is 2.25. The Balaban J connectivity index is 0.000000151. The predicted octanol–water partition coefficient (Wildman–Crippen LogP) is 11.7. The van der Waals surface area contributed by atoms with Crippen molar-refractivity contribution in [3.05, 3.63) is 173 Å². The predicted molar refractivity (Wildman–Crippen MR) is 181 cm³/mol. The molecule has 0 unspecified atom stereocenters. The largest absolute Gasteiger partial charge is 0.457 e. The molecule has 6 rings (SSSR count). The minimum atomic E-state index is 0.680. The van der Waals surface area contributed by atoms with Gasteiger partial charge in [0.15, 0.2) is 0 Å². The van der Waals surface area contributed by atoms with Crippen molar-refractivity contribution in [2.75, 3.05) is 0 Å². The number of hydrogen-bond donors (Lipinski definition) is 0. The SMILES string of the molecule is Cc1ccc(Oc2ccc(C)cc2)cc1.Cc1ccc(Oc2cccc(Cl)c2)cc1.Cc1ccc(Oc2ccncc2)cc1. The number of rotatable bonds is 6. The first-order valence-electron chi connectivity index (χ1n) is 14.3. The molecule has 0 N–H and O–H groups in total. The average Bonchev–Trinajstić information content (AvgIpc) is 3.03. The zero-order valence-electron chi connectivity index (χ0n) is 25.4. The molecule has 5 heteroatoms. The van der Waals surface area contributed by atoms with Crippen molar-refractivity contribution >= 4 is 11.6 Å². The average molecular weight is 602 g/mol. The minimum Gasteiger partial charge on any atom is -0.457 e. The number of halogens is 1. The molecule has 0 aliphatic rings. The van der Waals surface area contributed by atoms with Gasteiger partial charge in [0, 0.05) is 17.4 Å². The molecular weight excluding hydrogens is 566 g/mol. The van der Waals surface area contributed by atoms with E-state index in [0.717, 1.165) is 34.5 Å². The third-order valence-corrected chi connectivity index (χ3v) is 6.47. The van der Waals surface area contributed by atoms with Crippen molar-refractivity contribution < 1.29 is 14.2 Å². The van der Waals surface area contributed by atoms with Gasteiger partial charge in [-0.05, 0) is 107 Å². The number of hydrogen-bond acceptors (Lipinski definition) is 4. The van der Waals surface area contributed by atoms with Gasteiger partial charge in [-0.15, -0.1) is 0 Å². The highest BCUT2D eigenvalue weighted by Gasteiger charge is 1.98. The van der Waals surface area contributed by atoms with Crippen LogP contribution in [0.15, 0.2) is 146 Å². The van der Waals surface area contributed by atoms with Gasteiger partial charge in [0.1, 0.15) is 34.5 Å².